The normalized spacial score (nSPS) is 8.90. The van der Waals surface area contributed by atoms with E-state index in [4.69, 9.17) is 0 Å². The smallest absolute Gasteiger partial charge is 0.211 e. The molecule has 0 amide bonds. The van der Waals surface area contributed by atoms with Gasteiger partial charge in [0.15, 0.2) is 0 Å². The van der Waals surface area contributed by atoms with Gasteiger partial charge in [0.2, 0.25) is 12.2 Å². The molecule has 0 rings (SSSR count). The van der Waals surface area contributed by atoms with Crippen molar-refractivity contribution in [3.05, 3.63) is 0 Å². The molecule has 0 aromatic rings. The van der Waals surface area contributed by atoms with Gasteiger partial charge in [0, 0.05) is 0 Å². The highest BCUT2D eigenvalue weighted by atomic mass is 16.1. The molecular weight excluding hydrogens is 252 g/mol. The van der Waals surface area contributed by atoms with E-state index in [9.17, 15) is 9.59 Å². The molecule has 0 aliphatic carbocycles. The van der Waals surface area contributed by atoms with Crippen LogP contribution in [0.25, 0.3) is 0 Å². The summed E-state index contributed by atoms with van der Waals surface area (Å²) in [7, 11) is 0. The van der Waals surface area contributed by atoms with Crippen molar-refractivity contribution in [2.45, 2.75) is 78.1 Å². The molecule has 0 fully saturated rings. The average Bonchev–Trinajstić information content (AvgIpc) is 2.47. The zero-order valence-corrected chi connectivity index (χ0v) is 13.2. The van der Waals surface area contributed by atoms with Crippen LogP contribution in [0.5, 0.6) is 0 Å². The second-order valence-corrected chi connectivity index (χ2v) is 4.77. The molecule has 20 heavy (non-hydrogen) atoms. The fourth-order valence-corrected chi connectivity index (χ4v) is 1.68. The molecule has 0 heterocycles. The maximum Gasteiger partial charge on any atom is 0.234 e. The molecule has 0 aliphatic heterocycles. The molecule has 0 bridgehead atoms. The highest BCUT2D eigenvalue weighted by Gasteiger charge is 1.87. The molecule has 0 spiro atoms. The van der Waals surface area contributed by atoms with Gasteiger partial charge in [-0.15, -0.1) is 0 Å². The lowest BCUT2D eigenvalue weighted by Gasteiger charge is -1.93. The van der Waals surface area contributed by atoms with E-state index in [1.54, 1.807) is 0 Å². The van der Waals surface area contributed by atoms with Crippen molar-refractivity contribution in [3.63, 3.8) is 0 Å². The number of aliphatic imine (C=N–C) groups is 2. The number of nitrogens with zero attached hydrogens (tertiary/aromatic N) is 2. The Kier molecular flexibility index (Phi) is 24.1. The maximum atomic E-state index is 9.63. The molecule has 4 nitrogen and oxygen atoms in total. The highest BCUT2D eigenvalue weighted by Crippen LogP contribution is 2.03. The third kappa shape index (κ3) is 25.6. The van der Waals surface area contributed by atoms with E-state index in [-0.39, 0.29) is 0 Å². The van der Waals surface area contributed by atoms with Crippen LogP contribution < -0.4 is 0 Å². The Balaban J connectivity index is 0. The molecule has 0 aromatic heterocycles. The quantitative estimate of drug-likeness (QED) is 0.299. The minimum Gasteiger partial charge on any atom is -0.211 e. The molecule has 0 saturated heterocycles. The van der Waals surface area contributed by atoms with Crippen LogP contribution in [0.3, 0.4) is 0 Å². The van der Waals surface area contributed by atoms with Crippen molar-refractivity contribution in [2.75, 3.05) is 13.1 Å². The van der Waals surface area contributed by atoms with Gasteiger partial charge in [-0.2, -0.15) is 0 Å². The summed E-state index contributed by atoms with van der Waals surface area (Å²) >= 11 is 0. The number of isocyanates is 2. The topological polar surface area (TPSA) is 58.9 Å². The van der Waals surface area contributed by atoms with Crippen LogP contribution in [0.2, 0.25) is 0 Å². The number of hydrogen-bond acceptors (Lipinski definition) is 4. The van der Waals surface area contributed by atoms with Crippen LogP contribution in [0, 0.1) is 0 Å². The van der Waals surface area contributed by atoms with E-state index < -0.39 is 0 Å². The summed E-state index contributed by atoms with van der Waals surface area (Å²) in [5, 5.41) is 0. The summed E-state index contributed by atoms with van der Waals surface area (Å²) in [4.78, 5) is 26.1. The van der Waals surface area contributed by atoms with Gasteiger partial charge in [-0.05, 0) is 12.8 Å². The molecular formula is C16H30N2O2. The van der Waals surface area contributed by atoms with E-state index in [2.05, 4.69) is 23.8 Å². The Labute approximate surface area is 123 Å². The van der Waals surface area contributed by atoms with E-state index in [0.29, 0.717) is 13.1 Å². The molecule has 0 atom stereocenters. The second kappa shape index (κ2) is 22.9. The van der Waals surface area contributed by atoms with Crippen LogP contribution in [0.4, 0.5) is 0 Å². The molecule has 0 saturated carbocycles. The molecule has 4 heteroatoms. The minimum absolute atomic E-state index is 0.556. The monoisotopic (exact) mass is 282 g/mol. The van der Waals surface area contributed by atoms with E-state index in [1.807, 2.05) is 0 Å². The lowest BCUT2D eigenvalue weighted by molar-refractivity contribution is 0.558. The van der Waals surface area contributed by atoms with Crippen LogP contribution in [0.1, 0.15) is 78.1 Å². The fraction of sp³-hybridized carbons (Fsp3) is 0.875. The van der Waals surface area contributed by atoms with Crippen LogP contribution in [-0.4, -0.2) is 25.2 Å². The summed E-state index contributed by atoms with van der Waals surface area (Å²) in [6.07, 6.45) is 15.3. The van der Waals surface area contributed by atoms with Crippen molar-refractivity contribution in [1.82, 2.24) is 0 Å². The highest BCUT2D eigenvalue weighted by molar-refractivity contribution is 5.32. The first-order valence-corrected chi connectivity index (χ1v) is 7.90. The predicted octanol–water partition coefficient (Wildman–Crippen LogP) is 4.59. The first-order valence-electron chi connectivity index (χ1n) is 7.90. The van der Waals surface area contributed by atoms with Crippen LogP contribution in [-0.2, 0) is 9.59 Å². The minimum atomic E-state index is 0.556. The SMILES string of the molecule is CCCCCCCC.O=C=NCCCCCCN=C=O. The van der Waals surface area contributed by atoms with Crippen molar-refractivity contribution in [1.29, 1.82) is 0 Å². The molecule has 0 radical (unpaired) electrons. The summed E-state index contributed by atoms with van der Waals surface area (Å²) in [6.45, 7) is 5.62. The molecule has 0 N–H and O–H groups in total. The third-order valence-electron chi connectivity index (χ3n) is 2.88. The fourth-order valence-electron chi connectivity index (χ4n) is 1.68. The van der Waals surface area contributed by atoms with Gasteiger partial charge in [-0.1, -0.05) is 65.2 Å². The Hall–Kier alpha value is -1.24. The third-order valence-corrected chi connectivity index (χ3v) is 2.88. The molecule has 0 aromatic carbocycles. The zero-order chi connectivity index (χ0) is 15.3. The molecule has 116 valence electrons. The Bertz CT molecular complexity index is 240. The largest absolute Gasteiger partial charge is 0.234 e. The summed E-state index contributed by atoms with van der Waals surface area (Å²) < 4.78 is 0. The van der Waals surface area contributed by atoms with Crippen molar-refractivity contribution >= 4 is 12.2 Å². The Morgan fingerprint density at radius 2 is 0.950 bits per heavy atom. The van der Waals surface area contributed by atoms with Gasteiger partial charge in [0.05, 0.1) is 13.1 Å². The van der Waals surface area contributed by atoms with Gasteiger partial charge >= 0.3 is 0 Å². The Morgan fingerprint density at radius 3 is 1.25 bits per heavy atom. The van der Waals surface area contributed by atoms with Gasteiger partial charge in [0.1, 0.15) is 0 Å². The van der Waals surface area contributed by atoms with Gasteiger partial charge in [-0.3, -0.25) is 0 Å². The zero-order valence-electron chi connectivity index (χ0n) is 13.2. The maximum absolute atomic E-state index is 9.63. The molecule has 0 unspecified atom stereocenters. The van der Waals surface area contributed by atoms with Gasteiger partial charge in [0.25, 0.3) is 0 Å². The van der Waals surface area contributed by atoms with Crippen molar-refractivity contribution < 1.29 is 9.59 Å². The lowest BCUT2D eigenvalue weighted by Crippen LogP contribution is -1.84. The van der Waals surface area contributed by atoms with E-state index in [1.165, 1.54) is 50.7 Å². The number of hydrogen-bond donors (Lipinski definition) is 0. The lowest BCUT2D eigenvalue weighted by atomic mass is 10.1. The van der Waals surface area contributed by atoms with Crippen molar-refractivity contribution in [3.8, 4) is 0 Å². The van der Waals surface area contributed by atoms with E-state index in [0.717, 1.165) is 25.7 Å². The number of unbranched alkanes of at least 4 members (excludes halogenated alkanes) is 8. The number of rotatable bonds is 12. The average molecular weight is 282 g/mol. The predicted molar refractivity (Wildman–Crippen MR) is 83.5 cm³/mol. The molecule has 0 aliphatic rings. The summed E-state index contributed by atoms with van der Waals surface area (Å²) in [5.41, 5.74) is 0. The van der Waals surface area contributed by atoms with E-state index >= 15 is 0 Å². The van der Waals surface area contributed by atoms with Crippen LogP contribution in [0.15, 0.2) is 9.98 Å². The first-order chi connectivity index (χ1) is 9.83. The Morgan fingerprint density at radius 1 is 0.600 bits per heavy atom. The summed E-state index contributed by atoms with van der Waals surface area (Å²) in [5.74, 6) is 0. The van der Waals surface area contributed by atoms with Crippen molar-refractivity contribution in [2.24, 2.45) is 9.98 Å². The van der Waals surface area contributed by atoms with Gasteiger partial charge < -0.3 is 0 Å². The number of carbonyl (C=O) groups excluding carboxylic acids is 2. The first kappa shape index (κ1) is 21.1. The van der Waals surface area contributed by atoms with Gasteiger partial charge in [-0.25, -0.2) is 19.6 Å². The standard InChI is InChI=1S/C8H12N2O2.C8H18/c11-7-9-5-3-1-2-4-6-10-8-12;1-3-5-7-8-6-4-2/h1-6H2;3-8H2,1-2H3. The second-order valence-electron chi connectivity index (χ2n) is 4.77. The van der Waals surface area contributed by atoms with Crippen LogP contribution >= 0.6 is 0 Å². The summed E-state index contributed by atoms with van der Waals surface area (Å²) in [6, 6.07) is 0.